The third-order valence-electron chi connectivity index (χ3n) is 2.38. The van der Waals surface area contributed by atoms with Crippen LogP contribution in [0.4, 0.5) is 0 Å². The summed E-state index contributed by atoms with van der Waals surface area (Å²) in [5.41, 5.74) is 0.870. The Bertz CT molecular complexity index is 530. The fourth-order valence-electron chi connectivity index (χ4n) is 1.55. The van der Waals surface area contributed by atoms with Crippen LogP contribution in [0.1, 0.15) is 12.1 Å². The molecule has 1 N–H and O–H groups in total. The van der Waals surface area contributed by atoms with E-state index in [9.17, 15) is 0 Å². The smallest absolute Gasteiger partial charge is 0.120 e. The predicted molar refractivity (Wildman–Crippen MR) is 67.2 cm³/mol. The van der Waals surface area contributed by atoms with E-state index in [4.69, 9.17) is 0 Å². The summed E-state index contributed by atoms with van der Waals surface area (Å²) in [6, 6.07) is 10.2. The highest BCUT2D eigenvalue weighted by molar-refractivity contribution is 5.86. The summed E-state index contributed by atoms with van der Waals surface area (Å²) in [5.74, 6) is 6.24. The number of rotatable bonds is 2. The van der Waals surface area contributed by atoms with Crippen molar-refractivity contribution < 1.29 is 0 Å². The van der Waals surface area contributed by atoms with Crippen molar-refractivity contribution in [3.05, 3.63) is 42.2 Å². The first-order valence-corrected chi connectivity index (χ1v) is 5.39. The molecule has 0 aliphatic carbocycles. The van der Waals surface area contributed by atoms with Crippen LogP contribution in [0.25, 0.3) is 10.8 Å². The third kappa shape index (κ3) is 2.39. The molecule has 0 amide bonds. The molecule has 0 saturated heterocycles. The van der Waals surface area contributed by atoms with Crippen LogP contribution in [-0.4, -0.2) is 18.6 Å². The largest absolute Gasteiger partial charge is 0.319 e. The van der Waals surface area contributed by atoms with Crippen LogP contribution < -0.4 is 5.32 Å². The predicted octanol–water partition coefficient (Wildman–Crippen LogP) is 2.20. The van der Waals surface area contributed by atoms with Gasteiger partial charge in [0.15, 0.2) is 0 Å². The van der Waals surface area contributed by atoms with Crippen molar-refractivity contribution >= 4 is 10.8 Å². The molecule has 0 aliphatic heterocycles. The summed E-state index contributed by atoms with van der Waals surface area (Å²) in [4.78, 5) is 4.31. The number of benzene rings is 1. The van der Waals surface area contributed by atoms with Gasteiger partial charge in [-0.25, -0.2) is 4.98 Å². The van der Waals surface area contributed by atoms with Crippen molar-refractivity contribution in [2.45, 2.75) is 6.42 Å². The van der Waals surface area contributed by atoms with E-state index < -0.39 is 0 Å². The second-order valence-electron chi connectivity index (χ2n) is 3.54. The molecular weight excluding hydrogens is 196 g/mol. The fourth-order valence-corrected chi connectivity index (χ4v) is 1.55. The highest BCUT2D eigenvalue weighted by Crippen LogP contribution is 2.14. The third-order valence-corrected chi connectivity index (χ3v) is 2.38. The first kappa shape index (κ1) is 10.7. The zero-order valence-electron chi connectivity index (χ0n) is 9.33. The molecule has 2 rings (SSSR count). The minimum atomic E-state index is 0.849. The SMILES string of the molecule is CNCCC#Cc1nccc2ccccc12. The van der Waals surface area contributed by atoms with E-state index in [0.717, 1.165) is 24.0 Å². The van der Waals surface area contributed by atoms with E-state index in [1.54, 1.807) is 0 Å². The van der Waals surface area contributed by atoms with E-state index in [0.29, 0.717) is 0 Å². The molecule has 1 heterocycles. The second kappa shape index (κ2) is 5.29. The Hall–Kier alpha value is -1.85. The van der Waals surface area contributed by atoms with Crippen LogP contribution in [0, 0.1) is 11.8 Å². The summed E-state index contributed by atoms with van der Waals surface area (Å²) in [6.45, 7) is 0.914. The van der Waals surface area contributed by atoms with Gasteiger partial charge < -0.3 is 5.32 Å². The van der Waals surface area contributed by atoms with Crippen molar-refractivity contribution in [2.75, 3.05) is 13.6 Å². The standard InChI is InChI=1S/C14H14N2/c1-15-10-5-4-8-14-13-7-3-2-6-12(13)9-11-16-14/h2-3,6-7,9,11,15H,5,10H2,1H3. The Morgan fingerprint density at radius 2 is 2.12 bits per heavy atom. The topological polar surface area (TPSA) is 24.9 Å². The minimum Gasteiger partial charge on any atom is -0.319 e. The van der Waals surface area contributed by atoms with Crippen LogP contribution in [-0.2, 0) is 0 Å². The van der Waals surface area contributed by atoms with E-state index in [-0.39, 0.29) is 0 Å². The summed E-state index contributed by atoms with van der Waals surface area (Å²) in [6.07, 6.45) is 2.66. The Kier molecular flexibility index (Phi) is 3.53. The van der Waals surface area contributed by atoms with Crippen molar-refractivity contribution in [3.63, 3.8) is 0 Å². The highest BCUT2D eigenvalue weighted by Gasteiger charge is 1.96. The molecule has 1 aromatic heterocycles. The lowest BCUT2D eigenvalue weighted by molar-refractivity contribution is 0.818. The van der Waals surface area contributed by atoms with Crippen LogP contribution in [0.5, 0.6) is 0 Å². The lowest BCUT2D eigenvalue weighted by Crippen LogP contribution is -2.05. The van der Waals surface area contributed by atoms with Gasteiger partial charge in [0.05, 0.1) is 0 Å². The minimum absolute atomic E-state index is 0.849. The maximum Gasteiger partial charge on any atom is 0.120 e. The van der Waals surface area contributed by atoms with Gasteiger partial charge in [-0.15, -0.1) is 0 Å². The molecule has 0 saturated carbocycles. The molecule has 2 aromatic rings. The number of aromatic nitrogens is 1. The zero-order valence-corrected chi connectivity index (χ0v) is 9.33. The average Bonchev–Trinajstić information content (AvgIpc) is 2.35. The van der Waals surface area contributed by atoms with Crippen LogP contribution in [0.15, 0.2) is 36.5 Å². The number of pyridine rings is 1. The Balaban J connectivity index is 2.32. The van der Waals surface area contributed by atoms with Gasteiger partial charge in [-0.1, -0.05) is 30.2 Å². The maximum atomic E-state index is 4.31. The number of hydrogen-bond donors (Lipinski definition) is 1. The van der Waals surface area contributed by atoms with E-state index in [2.05, 4.69) is 34.3 Å². The first-order valence-electron chi connectivity index (χ1n) is 5.39. The molecule has 0 aliphatic rings. The first-order chi connectivity index (χ1) is 7.92. The van der Waals surface area contributed by atoms with Gasteiger partial charge in [-0.3, -0.25) is 0 Å². The highest BCUT2D eigenvalue weighted by atomic mass is 14.8. The number of nitrogens with one attached hydrogen (secondary N) is 1. The van der Waals surface area contributed by atoms with E-state index in [1.807, 2.05) is 31.4 Å². The van der Waals surface area contributed by atoms with Crippen molar-refractivity contribution in [1.82, 2.24) is 10.3 Å². The molecule has 0 atom stereocenters. The summed E-state index contributed by atoms with van der Waals surface area (Å²) in [7, 11) is 1.93. The van der Waals surface area contributed by atoms with E-state index in [1.165, 1.54) is 5.39 Å². The zero-order chi connectivity index (χ0) is 11.2. The van der Waals surface area contributed by atoms with Crippen molar-refractivity contribution in [3.8, 4) is 11.8 Å². The van der Waals surface area contributed by atoms with Gasteiger partial charge in [-0.05, 0) is 24.4 Å². The van der Waals surface area contributed by atoms with Gasteiger partial charge in [-0.2, -0.15) is 0 Å². The van der Waals surface area contributed by atoms with Crippen LogP contribution >= 0.6 is 0 Å². The van der Waals surface area contributed by atoms with Gasteiger partial charge in [0.1, 0.15) is 5.69 Å². The number of hydrogen-bond acceptors (Lipinski definition) is 2. The lowest BCUT2D eigenvalue weighted by Gasteiger charge is -1.98. The molecule has 1 aromatic carbocycles. The summed E-state index contributed by atoms with van der Waals surface area (Å²) in [5, 5.41) is 5.39. The van der Waals surface area contributed by atoms with Gasteiger partial charge >= 0.3 is 0 Å². The molecule has 0 bridgehead atoms. The molecular formula is C14H14N2. The summed E-state index contributed by atoms with van der Waals surface area (Å²) >= 11 is 0. The molecule has 0 fully saturated rings. The monoisotopic (exact) mass is 210 g/mol. The Morgan fingerprint density at radius 3 is 3.00 bits per heavy atom. The molecule has 2 heteroatoms. The second-order valence-corrected chi connectivity index (χ2v) is 3.54. The molecule has 0 radical (unpaired) electrons. The molecule has 16 heavy (non-hydrogen) atoms. The molecule has 2 nitrogen and oxygen atoms in total. The lowest BCUT2D eigenvalue weighted by atomic mass is 10.1. The van der Waals surface area contributed by atoms with Crippen LogP contribution in [0.3, 0.4) is 0 Å². The van der Waals surface area contributed by atoms with Gasteiger partial charge in [0.2, 0.25) is 0 Å². The Morgan fingerprint density at radius 1 is 1.25 bits per heavy atom. The Labute approximate surface area is 95.7 Å². The normalized spacial score (nSPS) is 9.81. The molecule has 0 unspecified atom stereocenters. The maximum absolute atomic E-state index is 4.31. The number of nitrogens with zero attached hydrogens (tertiary/aromatic N) is 1. The van der Waals surface area contributed by atoms with Crippen molar-refractivity contribution in [2.24, 2.45) is 0 Å². The molecule has 80 valence electrons. The van der Waals surface area contributed by atoms with Crippen molar-refractivity contribution in [1.29, 1.82) is 0 Å². The van der Waals surface area contributed by atoms with E-state index >= 15 is 0 Å². The van der Waals surface area contributed by atoms with Gasteiger partial charge in [0, 0.05) is 24.5 Å². The summed E-state index contributed by atoms with van der Waals surface area (Å²) < 4.78 is 0. The number of fused-ring (bicyclic) bond motifs is 1. The fraction of sp³-hybridized carbons (Fsp3) is 0.214. The quantitative estimate of drug-likeness (QED) is 0.607. The van der Waals surface area contributed by atoms with Gasteiger partial charge in [0.25, 0.3) is 0 Å². The molecule has 0 spiro atoms. The van der Waals surface area contributed by atoms with Crippen LogP contribution in [0.2, 0.25) is 0 Å². The average molecular weight is 210 g/mol.